The summed E-state index contributed by atoms with van der Waals surface area (Å²) in [6, 6.07) is 0. The molecule has 1 aromatic rings. The first kappa shape index (κ1) is 10.3. The van der Waals surface area contributed by atoms with Crippen molar-refractivity contribution in [3.8, 4) is 0 Å². The maximum atomic E-state index is 5.76. The summed E-state index contributed by atoms with van der Waals surface area (Å²) in [5.41, 5.74) is 30.8. The Labute approximate surface area is 82.4 Å². The smallest absolute Gasteiger partial charge is 0.0824 e. The van der Waals surface area contributed by atoms with Gasteiger partial charge in [0.15, 0.2) is 0 Å². The summed E-state index contributed by atoms with van der Waals surface area (Å²) in [7, 11) is 1.78. The van der Waals surface area contributed by atoms with Crippen molar-refractivity contribution in [3.63, 3.8) is 0 Å². The fraction of sp³-hybridized carbons (Fsp3) is 0.250. The summed E-state index contributed by atoms with van der Waals surface area (Å²) >= 11 is 0. The molecule has 14 heavy (non-hydrogen) atoms. The van der Waals surface area contributed by atoms with Crippen molar-refractivity contribution >= 4 is 28.4 Å². The number of nitrogen functional groups attached to an aromatic ring is 5. The standard InChI is InChI=1S/C8H16N6/c1-14-2-3-4(9)6(11)8(13)7(12)5(3)10/h14H,2,9-13H2,1H3. The summed E-state index contributed by atoms with van der Waals surface area (Å²) < 4.78 is 0. The molecule has 6 nitrogen and oxygen atoms in total. The number of rotatable bonds is 2. The van der Waals surface area contributed by atoms with Crippen LogP contribution in [0.2, 0.25) is 0 Å². The molecular weight excluding hydrogens is 180 g/mol. The van der Waals surface area contributed by atoms with Gasteiger partial charge in [0.25, 0.3) is 0 Å². The van der Waals surface area contributed by atoms with Crippen LogP contribution in [-0.2, 0) is 6.54 Å². The molecule has 6 heteroatoms. The largest absolute Gasteiger partial charge is 0.397 e. The van der Waals surface area contributed by atoms with Crippen LogP contribution >= 0.6 is 0 Å². The van der Waals surface area contributed by atoms with Gasteiger partial charge in [0.1, 0.15) is 0 Å². The molecule has 0 radical (unpaired) electrons. The van der Waals surface area contributed by atoms with Crippen molar-refractivity contribution in [1.29, 1.82) is 0 Å². The molecular formula is C8H16N6. The SMILES string of the molecule is CNCc1c(N)c(N)c(N)c(N)c1N. The molecule has 0 aromatic heterocycles. The van der Waals surface area contributed by atoms with Gasteiger partial charge >= 0.3 is 0 Å². The van der Waals surface area contributed by atoms with Crippen LogP contribution in [0.5, 0.6) is 0 Å². The molecule has 11 N–H and O–H groups in total. The second-order valence-corrected chi connectivity index (χ2v) is 3.08. The number of benzene rings is 1. The van der Waals surface area contributed by atoms with Gasteiger partial charge in [-0.2, -0.15) is 0 Å². The molecule has 0 heterocycles. The molecule has 0 saturated heterocycles. The zero-order valence-electron chi connectivity index (χ0n) is 8.09. The van der Waals surface area contributed by atoms with E-state index in [2.05, 4.69) is 5.32 Å². The summed E-state index contributed by atoms with van der Waals surface area (Å²) in [6.07, 6.45) is 0. The number of anilines is 5. The minimum Gasteiger partial charge on any atom is -0.397 e. The Hall–Kier alpha value is -1.82. The quantitative estimate of drug-likeness (QED) is 0.346. The molecule has 0 bridgehead atoms. The molecule has 78 valence electrons. The normalized spacial score (nSPS) is 10.4. The maximum absolute atomic E-state index is 5.76. The molecule has 0 aliphatic rings. The summed E-state index contributed by atoms with van der Waals surface area (Å²) in [5, 5.41) is 2.93. The summed E-state index contributed by atoms with van der Waals surface area (Å²) in [4.78, 5) is 0. The van der Waals surface area contributed by atoms with Crippen LogP contribution in [0.4, 0.5) is 28.4 Å². The number of nitrogens with one attached hydrogen (secondary N) is 1. The van der Waals surface area contributed by atoms with E-state index >= 15 is 0 Å². The van der Waals surface area contributed by atoms with E-state index in [0.29, 0.717) is 34.9 Å². The van der Waals surface area contributed by atoms with Gasteiger partial charge in [0.05, 0.1) is 28.4 Å². The van der Waals surface area contributed by atoms with Gasteiger partial charge in [-0.05, 0) is 7.05 Å². The molecule has 1 aromatic carbocycles. The fourth-order valence-corrected chi connectivity index (χ4v) is 1.27. The second-order valence-electron chi connectivity index (χ2n) is 3.08. The van der Waals surface area contributed by atoms with Crippen molar-refractivity contribution < 1.29 is 0 Å². The highest BCUT2D eigenvalue weighted by Crippen LogP contribution is 2.38. The van der Waals surface area contributed by atoms with Gasteiger partial charge in [-0.1, -0.05) is 0 Å². The molecule has 0 saturated carbocycles. The van der Waals surface area contributed by atoms with Gasteiger partial charge < -0.3 is 34.0 Å². The van der Waals surface area contributed by atoms with Crippen molar-refractivity contribution in [2.45, 2.75) is 6.54 Å². The third-order valence-electron chi connectivity index (χ3n) is 2.16. The average Bonchev–Trinajstić information content (AvgIpc) is 2.19. The monoisotopic (exact) mass is 196 g/mol. The topological polar surface area (TPSA) is 142 Å². The molecule has 1 rings (SSSR count). The zero-order valence-corrected chi connectivity index (χ0v) is 8.09. The molecule has 0 unspecified atom stereocenters. The van der Waals surface area contributed by atoms with Crippen molar-refractivity contribution in [2.24, 2.45) is 0 Å². The lowest BCUT2D eigenvalue weighted by atomic mass is 10.1. The molecule has 0 aliphatic heterocycles. The van der Waals surface area contributed by atoms with Crippen molar-refractivity contribution in [3.05, 3.63) is 5.56 Å². The van der Waals surface area contributed by atoms with E-state index in [9.17, 15) is 0 Å². The van der Waals surface area contributed by atoms with Crippen LogP contribution in [-0.4, -0.2) is 7.05 Å². The first-order chi connectivity index (χ1) is 6.50. The molecule has 0 spiro atoms. The molecule has 0 atom stereocenters. The van der Waals surface area contributed by atoms with E-state index in [1.165, 1.54) is 0 Å². The van der Waals surface area contributed by atoms with E-state index < -0.39 is 0 Å². The van der Waals surface area contributed by atoms with Gasteiger partial charge in [-0.3, -0.25) is 0 Å². The fourth-order valence-electron chi connectivity index (χ4n) is 1.27. The van der Waals surface area contributed by atoms with Gasteiger partial charge in [0, 0.05) is 12.1 Å². The highest BCUT2D eigenvalue weighted by atomic mass is 14.9. The van der Waals surface area contributed by atoms with Gasteiger partial charge in [0.2, 0.25) is 0 Å². The highest BCUT2D eigenvalue weighted by molar-refractivity contribution is 5.96. The minimum atomic E-state index is 0.250. The third-order valence-corrected chi connectivity index (χ3v) is 2.16. The third kappa shape index (κ3) is 1.35. The van der Waals surface area contributed by atoms with E-state index in [-0.39, 0.29) is 5.69 Å². The first-order valence-corrected chi connectivity index (χ1v) is 4.15. The lowest BCUT2D eigenvalue weighted by Gasteiger charge is -2.16. The Balaban J connectivity index is 3.43. The van der Waals surface area contributed by atoms with E-state index in [4.69, 9.17) is 28.7 Å². The van der Waals surface area contributed by atoms with E-state index in [1.807, 2.05) is 0 Å². The minimum absolute atomic E-state index is 0.250. The predicted octanol–water partition coefficient (Wildman–Crippen LogP) is -0.683. The Morgan fingerprint density at radius 1 is 0.786 bits per heavy atom. The van der Waals surface area contributed by atoms with Crippen LogP contribution in [0.25, 0.3) is 0 Å². The van der Waals surface area contributed by atoms with E-state index in [1.54, 1.807) is 7.05 Å². The number of nitrogens with two attached hydrogens (primary N) is 5. The first-order valence-electron chi connectivity index (χ1n) is 4.15. The predicted molar refractivity (Wildman–Crippen MR) is 61.3 cm³/mol. The van der Waals surface area contributed by atoms with Gasteiger partial charge in [-0.25, -0.2) is 0 Å². The molecule has 0 amide bonds. The van der Waals surface area contributed by atoms with Crippen LogP contribution in [0.1, 0.15) is 5.56 Å². The van der Waals surface area contributed by atoms with Crippen molar-refractivity contribution in [1.82, 2.24) is 5.32 Å². The number of hydrogen-bond acceptors (Lipinski definition) is 6. The van der Waals surface area contributed by atoms with Crippen LogP contribution in [0.15, 0.2) is 0 Å². The Kier molecular flexibility index (Phi) is 2.57. The lowest BCUT2D eigenvalue weighted by Crippen LogP contribution is -2.15. The van der Waals surface area contributed by atoms with Crippen LogP contribution < -0.4 is 34.0 Å². The second kappa shape index (κ2) is 3.51. The Morgan fingerprint density at radius 2 is 1.14 bits per heavy atom. The Bertz CT molecular complexity index is 330. The Morgan fingerprint density at radius 3 is 1.50 bits per heavy atom. The maximum Gasteiger partial charge on any atom is 0.0824 e. The highest BCUT2D eigenvalue weighted by Gasteiger charge is 2.14. The van der Waals surface area contributed by atoms with Crippen LogP contribution in [0.3, 0.4) is 0 Å². The molecule has 0 fully saturated rings. The number of hydrogen-bond donors (Lipinski definition) is 6. The van der Waals surface area contributed by atoms with Crippen LogP contribution in [0, 0.1) is 0 Å². The summed E-state index contributed by atoms with van der Waals surface area (Å²) in [5.74, 6) is 0. The lowest BCUT2D eigenvalue weighted by molar-refractivity contribution is 0.822. The van der Waals surface area contributed by atoms with E-state index in [0.717, 1.165) is 0 Å². The van der Waals surface area contributed by atoms with Crippen molar-refractivity contribution in [2.75, 3.05) is 35.7 Å². The molecule has 0 aliphatic carbocycles. The average molecular weight is 196 g/mol. The summed E-state index contributed by atoms with van der Waals surface area (Å²) in [6.45, 7) is 0.506. The zero-order chi connectivity index (χ0) is 10.9. The van der Waals surface area contributed by atoms with Gasteiger partial charge in [-0.15, -0.1) is 0 Å².